The predicted octanol–water partition coefficient (Wildman–Crippen LogP) is 7.72. The zero-order valence-electron chi connectivity index (χ0n) is 25.8. The minimum absolute atomic E-state index is 0.0668. The maximum Gasteiger partial charge on any atom is 0.223 e. The summed E-state index contributed by atoms with van der Waals surface area (Å²) in [5, 5.41) is 21.3. The van der Waals surface area contributed by atoms with Crippen LogP contribution in [0.15, 0.2) is 72.8 Å². The molecule has 228 valence electrons. The number of amides is 2. The molecule has 0 aliphatic heterocycles. The molecule has 7 nitrogen and oxygen atoms in total. The summed E-state index contributed by atoms with van der Waals surface area (Å²) in [5.41, 5.74) is 4.54. The maximum absolute atomic E-state index is 13.2. The van der Waals surface area contributed by atoms with Crippen molar-refractivity contribution in [1.82, 2.24) is 9.47 Å². The van der Waals surface area contributed by atoms with E-state index in [9.17, 15) is 19.8 Å². The molecule has 0 bridgehead atoms. The molecular weight excluding hydrogens is 538 g/mol. The highest BCUT2D eigenvalue weighted by molar-refractivity contribution is 6.09. The Labute approximate surface area is 255 Å². The lowest BCUT2D eigenvalue weighted by Crippen LogP contribution is -2.30. The summed E-state index contributed by atoms with van der Waals surface area (Å²) in [6.45, 7) is 5.66. The summed E-state index contributed by atoms with van der Waals surface area (Å²) in [6, 6.07) is 22.5. The molecular formula is C36H45N3O4. The number of aromatic hydroxyl groups is 2. The quantitative estimate of drug-likeness (QED) is 0.140. The van der Waals surface area contributed by atoms with Gasteiger partial charge < -0.3 is 24.6 Å². The van der Waals surface area contributed by atoms with Crippen LogP contribution in [0, 0.1) is 0 Å². The van der Waals surface area contributed by atoms with Crippen molar-refractivity contribution >= 4 is 28.4 Å². The summed E-state index contributed by atoms with van der Waals surface area (Å²) in [6.07, 6.45) is 7.34. The smallest absolute Gasteiger partial charge is 0.223 e. The Morgan fingerprint density at radius 3 is 2.16 bits per heavy atom. The Morgan fingerprint density at radius 1 is 0.791 bits per heavy atom. The van der Waals surface area contributed by atoms with E-state index < -0.39 is 0 Å². The Kier molecular flexibility index (Phi) is 11.3. The summed E-state index contributed by atoms with van der Waals surface area (Å²) < 4.78 is 2.19. The molecule has 1 heterocycles. The fourth-order valence-corrected chi connectivity index (χ4v) is 5.65. The lowest BCUT2D eigenvalue weighted by molar-refractivity contribution is -0.130. The molecule has 0 unspecified atom stereocenters. The van der Waals surface area contributed by atoms with Crippen molar-refractivity contribution in [3.05, 3.63) is 78.4 Å². The van der Waals surface area contributed by atoms with Gasteiger partial charge in [0.05, 0.1) is 16.9 Å². The van der Waals surface area contributed by atoms with Crippen molar-refractivity contribution in [3.8, 4) is 22.8 Å². The minimum Gasteiger partial charge on any atom is -0.508 e. The predicted molar refractivity (Wildman–Crippen MR) is 175 cm³/mol. The summed E-state index contributed by atoms with van der Waals surface area (Å²) in [5.74, 6) is 0.462. The molecule has 4 aromatic rings. The Bertz CT molecular complexity index is 1490. The largest absolute Gasteiger partial charge is 0.508 e. The molecule has 2 amide bonds. The van der Waals surface area contributed by atoms with E-state index >= 15 is 0 Å². The van der Waals surface area contributed by atoms with Crippen molar-refractivity contribution in [1.29, 1.82) is 0 Å². The number of hydrogen-bond donors (Lipinski definition) is 2. The van der Waals surface area contributed by atoms with Gasteiger partial charge in [-0.25, -0.2) is 0 Å². The Balaban J connectivity index is 1.57. The van der Waals surface area contributed by atoms with Crippen molar-refractivity contribution < 1.29 is 19.8 Å². The van der Waals surface area contributed by atoms with Gasteiger partial charge in [0, 0.05) is 51.0 Å². The van der Waals surface area contributed by atoms with Crippen LogP contribution in [-0.2, 0) is 16.1 Å². The third-order valence-corrected chi connectivity index (χ3v) is 8.04. The van der Waals surface area contributed by atoms with Crippen molar-refractivity contribution in [2.75, 3.05) is 25.0 Å². The Hall–Kier alpha value is -4.26. The fraction of sp³-hybridized carbons (Fsp3) is 0.389. The van der Waals surface area contributed by atoms with E-state index in [1.54, 1.807) is 31.2 Å². The number of unbranched alkanes of at least 4 members (excludes halogenated alkanes) is 5. The minimum atomic E-state index is -0.0668. The van der Waals surface area contributed by atoms with E-state index in [-0.39, 0.29) is 23.3 Å². The van der Waals surface area contributed by atoms with E-state index in [4.69, 9.17) is 0 Å². The number of hydrogen-bond acceptors (Lipinski definition) is 4. The van der Waals surface area contributed by atoms with Crippen LogP contribution in [0.1, 0.15) is 70.8 Å². The topological polar surface area (TPSA) is 86.0 Å². The van der Waals surface area contributed by atoms with E-state index in [1.807, 2.05) is 53.2 Å². The van der Waals surface area contributed by atoms with Gasteiger partial charge in [-0.1, -0.05) is 62.9 Å². The van der Waals surface area contributed by atoms with Crippen LogP contribution in [-0.4, -0.2) is 51.6 Å². The van der Waals surface area contributed by atoms with E-state index in [1.165, 1.54) is 0 Å². The summed E-state index contributed by atoms with van der Waals surface area (Å²) in [7, 11) is 1.89. The van der Waals surface area contributed by atoms with Gasteiger partial charge in [0.25, 0.3) is 0 Å². The van der Waals surface area contributed by atoms with Crippen molar-refractivity contribution in [3.63, 3.8) is 0 Å². The molecule has 3 aromatic carbocycles. The van der Waals surface area contributed by atoms with E-state index in [0.717, 1.165) is 84.9 Å². The standard InChI is InChI=1S/C36H45N3O4/c1-4-5-23-37(3)34(43)16-12-7-6-8-13-24-38(27(2)40)36-32-25-31(42)21-22-33(32)39(26-28-14-10-9-11-15-28)35(36)29-17-19-30(41)20-18-29/h9-11,14-15,17-22,25,41-42H,4-8,12-13,16,23-24,26H2,1-3H3. The zero-order valence-corrected chi connectivity index (χ0v) is 25.8. The highest BCUT2D eigenvalue weighted by Crippen LogP contribution is 2.43. The first kappa shape index (κ1) is 31.7. The number of fused-ring (bicyclic) bond motifs is 1. The van der Waals surface area contributed by atoms with Gasteiger partial charge in [-0.2, -0.15) is 0 Å². The number of benzene rings is 3. The number of carbonyl (C=O) groups is 2. The van der Waals surface area contributed by atoms with Crippen LogP contribution in [0.3, 0.4) is 0 Å². The number of phenols is 2. The number of aromatic nitrogens is 1. The molecule has 0 spiro atoms. The second kappa shape index (κ2) is 15.3. The number of carbonyl (C=O) groups excluding carboxylic acids is 2. The molecule has 0 saturated heterocycles. The van der Waals surface area contributed by atoms with Crippen LogP contribution in [0.25, 0.3) is 22.2 Å². The second-order valence-corrected chi connectivity index (χ2v) is 11.4. The molecule has 4 rings (SSSR count). The van der Waals surface area contributed by atoms with Gasteiger partial charge in [0.15, 0.2) is 0 Å². The molecule has 1 aromatic heterocycles. The SMILES string of the molecule is CCCCN(C)C(=O)CCCCCCCN(C(C)=O)c1c(-c2ccc(O)cc2)n(Cc2ccccc2)c2ccc(O)cc12. The van der Waals surface area contributed by atoms with Crippen LogP contribution in [0.5, 0.6) is 11.5 Å². The number of phenolic OH excluding ortho intramolecular Hbond substituents is 2. The average Bonchev–Trinajstić information content (AvgIpc) is 3.30. The molecule has 0 aliphatic rings. The number of nitrogens with zero attached hydrogens (tertiary/aromatic N) is 3. The molecule has 0 fully saturated rings. The number of anilines is 1. The lowest BCUT2D eigenvalue weighted by Gasteiger charge is -2.23. The second-order valence-electron chi connectivity index (χ2n) is 11.4. The first-order chi connectivity index (χ1) is 20.8. The molecule has 7 heteroatoms. The third kappa shape index (κ3) is 8.19. The third-order valence-electron chi connectivity index (χ3n) is 8.04. The normalized spacial score (nSPS) is 11.1. The summed E-state index contributed by atoms with van der Waals surface area (Å²) >= 11 is 0. The van der Waals surface area contributed by atoms with Crippen LogP contribution in [0.2, 0.25) is 0 Å². The van der Waals surface area contributed by atoms with Crippen molar-refractivity contribution in [2.45, 2.75) is 71.8 Å². The van der Waals surface area contributed by atoms with Gasteiger partial charge >= 0.3 is 0 Å². The van der Waals surface area contributed by atoms with Crippen LogP contribution in [0.4, 0.5) is 5.69 Å². The maximum atomic E-state index is 13.2. The molecule has 0 atom stereocenters. The van der Waals surface area contributed by atoms with Crippen LogP contribution < -0.4 is 4.90 Å². The van der Waals surface area contributed by atoms with Crippen molar-refractivity contribution in [2.24, 2.45) is 0 Å². The lowest BCUT2D eigenvalue weighted by atomic mass is 10.1. The first-order valence-corrected chi connectivity index (χ1v) is 15.5. The molecule has 0 aliphatic carbocycles. The number of rotatable bonds is 15. The zero-order chi connectivity index (χ0) is 30.8. The Morgan fingerprint density at radius 2 is 1.47 bits per heavy atom. The molecule has 0 saturated carbocycles. The van der Waals surface area contributed by atoms with E-state index in [0.29, 0.717) is 19.5 Å². The highest BCUT2D eigenvalue weighted by Gasteiger charge is 2.26. The van der Waals surface area contributed by atoms with Gasteiger partial charge in [0.1, 0.15) is 11.5 Å². The van der Waals surface area contributed by atoms with Crippen LogP contribution >= 0.6 is 0 Å². The van der Waals surface area contributed by atoms with Gasteiger partial charge in [-0.05, 0) is 67.3 Å². The molecule has 0 radical (unpaired) electrons. The monoisotopic (exact) mass is 583 g/mol. The fourth-order valence-electron chi connectivity index (χ4n) is 5.65. The summed E-state index contributed by atoms with van der Waals surface area (Å²) in [4.78, 5) is 29.2. The highest BCUT2D eigenvalue weighted by atomic mass is 16.3. The average molecular weight is 584 g/mol. The van der Waals surface area contributed by atoms with Gasteiger partial charge in [0.2, 0.25) is 11.8 Å². The van der Waals surface area contributed by atoms with E-state index in [2.05, 4.69) is 23.6 Å². The van der Waals surface area contributed by atoms with Gasteiger partial charge in [-0.3, -0.25) is 9.59 Å². The molecule has 2 N–H and O–H groups in total. The first-order valence-electron chi connectivity index (χ1n) is 15.5. The molecule has 43 heavy (non-hydrogen) atoms. The van der Waals surface area contributed by atoms with Gasteiger partial charge in [-0.15, -0.1) is 0 Å².